The fraction of sp³-hybridized carbons (Fsp3) is 0.267. The summed E-state index contributed by atoms with van der Waals surface area (Å²) in [5.74, 6) is 0.0124. The van der Waals surface area contributed by atoms with Gasteiger partial charge in [-0.05, 0) is 36.1 Å². The molecule has 1 aromatic carbocycles. The molecule has 4 heteroatoms. The van der Waals surface area contributed by atoms with Crippen molar-refractivity contribution in [2.45, 2.75) is 19.3 Å². The zero-order valence-electron chi connectivity index (χ0n) is 10.7. The van der Waals surface area contributed by atoms with E-state index in [1.807, 2.05) is 29.6 Å². The highest BCUT2D eigenvalue weighted by atomic mass is 32.1. The quantitative estimate of drug-likeness (QED) is 0.850. The third-order valence-corrected chi connectivity index (χ3v) is 3.84. The van der Waals surface area contributed by atoms with Gasteiger partial charge in [0.1, 0.15) is 5.75 Å². The van der Waals surface area contributed by atoms with Crippen LogP contribution in [0.5, 0.6) is 5.75 Å². The van der Waals surface area contributed by atoms with E-state index in [4.69, 9.17) is 4.74 Å². The number of rotatable bonds is 5. The van der Waals surface area contributed by atoms with Crippen LogP contribution in [0.4, 0.5) is 0 Å². The van der Waals surface area contributed by atoms with Crippen molar-refractivity contribution < 1.29 is 14.6 Å². The SMILES string of the molecule is CCOC(=O)C[C@@H](c1ccc(O)cc1)c1cccs1. The van der Waals surface area contributed by atoms with Crippen LogP contribution in [0.1, 0.15) is 29.7 Å². The van der Waals surface area contributed by atoms with E-state index in [1.165, 1.54) is 0 Å². The van der Waals surface area contributed by atoms with Gasteiger partial charge in [-0.15, -0.1) is 11.3 Å². The number of benzene rings is 1. The van der Waals surface area contributed by atoms with E-state index in [-0.39, 0.29) is 17.6 Å². The highest BCUT2D eigenvalue weighted by Gasteiger charge is 2.19. The lowest BCUT2D eigenvalue weighted by Gasteiger charge is -2.15. The van der Waals surface area contributed by atoms with Gasteiger partial charge < -0.3 is 9.84 Å². The van der Waals surface area contributed by atoms with Crippen molar-refractivity contribution in [2.75, 3.05) is 6.61 Å². The molecular formula is C15H16O3S. The van der Waals surface area contributed by atoms with Gasteiger partial charge in [-0.25, -0.2) is 0 Å². The fourth-order valence-corrected chi connectivity index (χ4v) is 2.82. The van der Waals surface area contributed by atoms with Crippen LogP contribution in [0.3, 0.4) is 0 Å². The van der Waals surface area contributed by atoms with Gasteiger partial charge in [0.25, 0.3) is 0 Å². The molecule has 0 aliphatic rings. The molecule has 2 aromatic rings. The second kappa shape index (κ2) is 6.38. The van der Waals surface area contributed by atoms with Gasteiger partial charge in [-0.3, -0.25) is 4.79 Å². The maximum atomic E-state index is 11.7. The van der Waals surface area contributed by atoms with Crippen LogP contribution >= 0.6 is 11.3 Å². The highest BCUT2D eigenvalue weighted by Crippen LogP contribution is 2.32. The zero-order chi connectivity index (χ0) is 13.7. The van der Waals surface area contributed by atoms with Gasteiger partial charge in [0.2, 0.25) is 0 Å². The van der Waals surface area contributed by atoms with E-state index in [0.717, 1.165) is 10.4 Å². The van der Waals surface area contributed by atoms with Crippen molar-refractivity contribution in [3.63, 3.8) is 0 Å². The Balaban J connectivity index is 2.24. The predicted octanol–water partition coefficient (Wildman–Crippen LogP) is 3.54. The molecule has 1 N–H and O–H groups in total. The van der Waals surface area contributed by atoms with Gasteiger partial charge in [-0.2, -0.15) is 0 Å². The number of hydrogen-bond donors (Lipinski definition) is 1. The third kappa shape index (κ3) is 3.58. The van der Waals surface area contributed by atoms with Crippen LogP contribution in [0.25, 0.3) is 0 Å². The summed E-state index contributed by atoms with van der Waals surface area (Å²) in [7, 11) is 0. The Morgan fingerprint density at radius 3 is 2.63 bits per heavy atom. The summed E-state index contributed by atoms with van der Waals surface area (Å²) in [5, 5.41) is 11.3. The minimum Gasteiger partial charge on any atom is -0.508 e. The van der Waals surface area contributed by atoms with E-state index in [1.54, 1.807) is 30.4 Å². The Labute approximate surface area is 116 Å². The molecule has 1 aromatic heterocycles. The lowest BCUT2D eigenvalue weighted by Crippen LogP contribution is -2.10. The first-order valence-electron chi connectivity index (χ1n) is 6.18. The molecule has 0 spiro atoms. The molecular weight excluding hydrogens is 260 g/mol. The highest BCUT2D eigenvalue weighted by molar-refractivity contribution is 7.10. The first-order chi connectivity index (χ1) is 9.20. The van der Waals surface area contributed by atoms with Crippen molar-refractivity contribution in [1.82, 2.24) is 0 Å². The normalized spacial score (nSPS) is 12.1. The van der Waals surface area contributed by atoms with Gasteiger partial charge in [-0.1, -0.05) is 18.2 Å². The number of carbonyl (C=O) groups is 1. The van der Waals surface area contributed by atoms with E-state index < -0.39 is 0 Å². The Morgan fingerprint density at radius 2 is 2.05 bits per heavy atom. The Hall–Kier alpha value is -1.81. The van der Waals surface area contributed by atoms with E-state index in [9.17, 15) is 9.90 Å². The molecule has 0 aliphatic carbocycles. The first kappa shape index (κ1) is 13.6. The number of esters is 1. The smallest absolute Gasteiger partial charge is 0.306 e. The molecule has 0 bridgehead atoms. The number of phenols is 1. The van der Waals surface area contributed by atoms with Crippen LogP contribution < -0.4 is 0 Å². The van der Waals surface area contributed by atoms with Crippen LogP contribution in [0, 0.1) is 0 Å². The Morgan fingerprint density at radius 1 is 1.32 bits per heavy atom. The van der Waals surface area contributed by atoms with Crippen LogP contribution in [-0.2, 0) is 9.53 Å². The average molecular weight is 276 g/mol. The van der Waals surface area contributed by atoms with Gasteiger partial charge in [0.05, 0.1) is 13.0 Å². The van der Waals surface area contributed by atoms with Crippen LogP contribution in [0.2, 0.25) is 0 Å². The second-order valence-electron chi connectivity index (χ2n) is 4.17. The number of carbonyl (C=O) groups excluding carboxylic acids is 1. The first-order valence-corrected chi connectivity index (χ1v) is 7.06. The minimum absolute atomic E-state index is 0.0142. The van der Waals surface area contributed by atoms with Crippen molar-refractivity contribution >= 4 is 17.3 Å². The molecule has 3 nitrogen and oxygen atoms in total. The maximum Gasteiger partial charge on any atom is 0.306 e. The third-order valence-electron chi connectivity index (χ3n) is 2.86. The van der Waals surface area contributed by atoms with E-state index >= 15 is 0 Å². The summed E-state index contributed by atoms with van der Waals surface area (Å²) in [6, 6.07) is 11.0. The molecule has 0 radical (unpaired) electrons. The Kier molecular flexibility index (Phi) is 4.58. The van der Waals surface area contributed by atoms with Crippen LogP contribution in [0.15, 0.2) is 41.8 Å². The number of ether oxygens (including phenoxy) is 1. The number of aromatic hydroxyl groups is 1. The maximum absolute atomic E-state index is 11.7. The minimum atomic E-state index is -0.200. The van der Waals surface area contributed by atoms with Gasteiger partial charge in [0, 0.05) is 10.8 Å². The van der Waals surface area contributed by atoms with Gasteiger partial charge in [0.15, 0.2) is 0 Å². The molecule has 0 saturated carbocycles. The molecule has 0 unspecified atom stereocenters. The van der Waals surface area contributed by atoms with E-state index in [0.29, 0.717) is 13.0 Å². The largest absolute Gasteiger partial charge is 0.508 e. The van der Waals surface area contributed by atoms with Crippen LogP contribution in [-0.4, -0.2) is 17.7 Å². The number of thiophene rings is 1. The lowest BCUT2D eigenvalue weighted by molar-refractivity contribution is -0.143. The second-order valence-corrected chi connectivity index (χ2v) is 5.15. The molecule has 1 heterocycles. The topological polar surface area (TPSA) is 46.5 Å². The monoisotopic (exact) mass is 276 g/mol. The summed E-state index contributed by atoms with van der Waals surface area (Å²) >= 11 is 1.62. The summed E-state index contributed by atoms with van der Waals surface area (Å²) in [6.45, 7) is 2.20. The van der Waals surface area contributed by atoms with Crippen molar-refractivity contribution in [2.24, 2.45) is 0 Å². The predicted molar refractivity (Wildman–Crippen MR) is 75.5 cm³/mol. The lowest BCUT2D eigenvalue weighted by atomic mass is 9.94. The zero-order valence-corrected chi connectivity index (χ0v) is 11.5. The molecule has 0 aliphatic heterocycles. The summed E-state index contributed by atoms with van der Waals surface area (Å²) in [6.07, 6.45) is 0.319. The standard InChI is InChI=1S/C15H16O3S/c1-2-18-15(17)10-13(14-4-3-9-19-14)11-5-7-12(16)8-6-11/h3-9,13,16H,2,10H2,1H3/t13-/m0/s1. The molecule has 2 rings (SSSR count). The van der Waals surface area contributed by atoms with Crippen molar-refractivity contribution in [3.05, 3.63) is 52.2 Å². The molecule has 0 fully saturated rings. The summed E-state index contributed by atoms with van der Waals surface area (Å²) < 4.78 is 5.03. The summed E-state index contributed by atoms with van der Waals surface area (Å²) in [5.41, 5.74) is 1.01. The average Bonchev–Trinajstić information content (AvgIpc) is 2.91. The van der Waals surface area contributed by atoms with Gasteiger partial charge >= 0.3 is 5.97 Å². The molecule has 0 amide bonds. The molecule has 100 valence electrons. The fourth-order valence-electron chi connectivity index (χ4n) is 1.97. The summed E-state index contributed by atoms with van der Waals surface area (Å²) in [4.78, 5) is 12.8. The molecule has 0 saturated heterocycles. The molecule has 1 atom stereocenters. The number of phenolic OH excluding ortho intramolecular Hbond substituents is 1. The van der Waals surface area contributed by atoms with E-state index in [2.05, 4.69) is 0 Å². The molecule has 19 heavy (non-hydrogen) atoms. The Bertz CT molecular complexity index is 517. The van der Waals surface area contributed by atoms with Crippen molar-refractivity contribution in [1.29, 1.82) is 0 Å². The van der Waals surface area contributed by atoms with Crippen molar-refractivity contribution in [3.8, 4) is 5.75 Å². The number of hydrogen-bond acceptors (Lipinski definition) is 4.